The molecule has 1 aromatic carbocycles. The maximum absolute atomic E-state index is 12.8. The van der Waals surface area contributed by atoms with Crippen LogP contribution in [0.25, 0.3) is 0 Å². The van der Waals surface area contributed by atoms with Crippen LogP contribution in [0.4, 0.5) is 0 Å². The summed E-state index contributed by atoms with van der Waals surface area (Å²) in [6.07, 6.45) is 4.88. The van der Waals surface area contributed by atoms with Crippen molar-refractivity contribution in [1.82, 2.24) is 10.2 Å². The van der Waals surface area contributed by atoms with E-state index in [0.717, 1.165) is 12.1 Å². The summed E-state index contributed by atoms with van der Waals surface area (Å²) in [6.45, 7) is 3.96. The van der Waals surface area contributed by atoms with Gasteiger partial charge in [-0.05, 0) is 37.5 Å². The zero-order valence-corrected chi connectivity index (χ0v) is 14.2. The first-order valence-electron chi connectivity index (χ1n) is 8.83. The molecule has 1 N–H and O–H groups in total. The van der Waals surface area contributed by atoms with Crippen LogP contribution < -0.4 is 5.32 Å². The number of amides is 1. The van der Waals surface area contributed by atoms with Crippen molar-refractivity contribution in [3.05, 3.63) is 35.4 Å². The lowest BCUT2D eigenvalue weighted by Crippen LogP contribution is -2.56. The molecule has 1 aliphatic carbocycles. The average molecular weight is 327 g/mol. The normalized spacial score (nSPS) is 23.6. The average Bonchev–Trinajstić information content (AvgIpc) is 3.16. The van der Waals surface area contributed by atoms with E-state index in [0.29, 0.717) is 24.8 Å². The number of nitrogens with zero attached hydrogens (tertiary/aromatic N) is 2. The fourth-order valence-corrected chi connectivity index (χ4v) is 3.79. The van der Waals surface area contributed by atoms with Gasteiger partial charge in [0.2, 0.25) is 5.91 Å². The Hall–Kier alpha value is -1.90. The minimum absolute atomic E-state index is 0.0245. The summed E-state index contributed by atoms with van der Waals surface area (Å²) >= 11 is 0. The molecule has 128 valence electrons. The molecule has 1 saturated carbocycles. The number of morpholine rings is 1. The van der Waals surface area contributed by atoms with Gasteiger partial charge in [0, 0.05) is 12.6 Å². The van der Waals surface area contributed by atoms with Crippen molar-refractivity contribution < 1.29 is 9.53 Å². The number of ether oxygens (including phenoxy) is 1. The summed E-state index contributed by atoms with van der Waals surface area (Å²) in [4.78, 5) is 15.1. The maximum Gasteiger partial charge on any atom is 0.240 e. The first kappa shape index (κ1) is 16.9. The van der Waals surface area contributed by atoms with Crippen molar-refractivity contribution in [1.29, 1.82) is 5.26 Å². The van der Waals surface area contributed by atoms with Gasteiger partial charge in [-0.25, -0.2) is 0 Å². The highest BCUT2D eigenvalue weighted by Crippen LogP contribution is 2.27. The van der Waals surface area contributed by atoms with E-state index in [2.05, 4.69) is 16.3 Å². The molecule has 5 nitrogen and oxygen atoms in total. The second-order valence-corrected chi connectivity index (χ2v) is 6.73. The molecule has 0 aromatic heterocycles. The number of benzene rings is 1. The molecule has 0 unspecified atom stereocenters. The predicted molar refractivity (Wildman–Crippen MR) is 91.3 cm³/mol. The van der Waals surface area contributed by atoms with Gasteiger partial charge in [-0.2, -0.15) is 5.26 Å². The number of nitrogens with one attached hydrogen (secondary N) is 1. The van der Waals surface area contributed by atoms with Gasteiger partial charge < -0.3 is 10.1 Å². The van der Waals surface area contributed by atoms with Crippen molar-refractivity contribution in [2.45, 2.75) is 50.7 Å². The van der Waals surface area contributed by atoms with Gasteiger partial charge in [-0.3, -0.25) is 9.69 Å². The van der Waals surface area contributed by atoms with Crippen LogP contribution in [0, 0.1) is 11.3 Å². The van der Waals surface area contributed by atoms with E-state index < -0.39 is 0 Å². The number of nitriles is 1. The fraction of sp³-hybridized carbons (Fsp3) is 0.579. The lowest BCUT2D eigenvalue weighted by molar-refractivity contribution is -0.135. The molecule has 0 bridgehead atoms. The highest BCUT2D eigenvalue weighted by atomic mass is 16.5. The largest absolute Gasteiger partial charge is 0.378 e. The molecule has 0 radical (unpaired) electrons. The fourth-order valence-electron chi connectivity index (χ4n) is 3.79. The number of carbonyl (C=O) groups is 1. The third-order valence-electron chi connectivity index (χ3n) is 5.14. The Morgan fingerprint density at radius 2 is 2.21 bits per heavy atom. The van der Waals surface area contributed by atoms with Crippen LogP contribution in [0.3, 0.4) is 0 Å². The van der Waals surface area contributed by atoms with Gasteiger partial charge in [-0.15, -0.1) is 0 Å². The molecular weight excluding hydrogens is 302 g/mol. The van der Waals surface area contributed by atoms with Crippen molar-refractivity contribution in [2.24, 2.45) is 0 Å². The Bertz CT molecular complexity index is 619. The molecule has 2 aliphatic rings. The highest BCUT2D eigenvalue weighted by molar-refractivity contribution is 5.82. The van der Waals surface area contributed by atoms with Crippen molar-refractivity contribution in [3.8, 4) is 6.07 Å². The number of carbonyl (C=O) groups excluding carboxylic acids is 1. The molecule has 1 saturated heterocycles. The van der Waals surface area contributed by atoms with Crippen LogP contribution in [0.2, 0.25) is 0 Å². The molecule has 1 aromatic rings. The monoisotopic (exact) mass is 327 g/mol. The SMILES string of the molecule is C[C@H](NC(=O)[C@@H]1COCCN1C1CCCC1)c1cccc(C#N)c1. The van der Waals surface area contributed by atoms with Crippen LogP contribution in [-0.4, -0.2) is 42.6 Å². The van der Waals surface area contributed by atoms with Crippen molar-refractivity contribution in [3.63, 3.8) is 0 Å². The maximum atomic E-state index is 12.8. The van der Waals surface area contributed by atoms with E-state index in [9.17, 15) is 4.79 Å². The molecule has 1 amide bonds. The third-order valence-corrected chi connectivity index (χ3v) is 5.14. The minimum atomic E-state index is -0.205. The van der Waals surface area contributed by atoms with E-state index in [1.165, 1.54) is 25.7 Å². The smallest absolute Gasteiger partial charge is 0.240 e. The molecule has 3 rings (SSSR count). The third kappa shape index (κ3) is 3.77. The molecule has 5 heteroatoms. The molecular formula is C19H25N3O2. The van der Waals surface area contributed by atoms with Gasteiger partial charge in [-0.1, -0.05) is 25.0 Å². The first-order valence-corrected chi connectivity index (χ1v) is 8.83. The zero-order valence-electron chi connectivity index (χ0n) is 14.2. The molecule has 0 spiro atoms. The zero-order chi connectivity index (χ0) is 16.9. The van der Waals surface area contributed by atoms with E-state index in [1.807, 2.05) is 25.1 Å². The lowest BCUT2D eigenvalue weighted by Gasteiger charge is -2.39. The van der Waals surface area contributed by atoms with Gasteiger partial charge >= 0.3 is 0 Å². The van der Waals surface area contributed by atoms with E-state index in [1.54, 1.807) is 6.07 Å². The van der Waals surface area contributed by atoms with Gasteiger partial charge in [0.25, 0.3) is 0 Å². The Morgan fingerprint density at radius 1 is 1.42 bits per heavy atom. The van der Waals surface area contributed by atoms with Crippen molar-refractivity contribution >= 4 is 5.91 Å². The Morgan fingerprint density at radius 3 is 2.96 bits per heavy atom. The molecule has 1 heterocycles. The summed E-state index contributed by atoms with van der Waals surface area (Å²) in [5, 5.41) is 12.1. The predicted octanol–water partition coefficient (Wildman–Crippen LogP) is 2.38. The summed E-state index contributed by atoms with van der Waals surface area (Å²) < 4.78 is 5.57. The Kier molecular flexibility index (Phi) is 5.49. The highest BCUT2D eigenvalue weighted by Gasteiger charge is 2.35. The summed E-state index contributed by atoms with van der Waals surface area (Å²) in [7, 11) is 0. The van der Waals surface area contributed by atoms with E-state index in [-0.39, 0.29) is 18.0 Å². The van der Waals surface area contributed by atoms with Crippen LogP contribution in [-0.2, 0) is 9.53 Å². The number of hydrogen-bond donors (Lipinski definition) is 1. The second kappa shape index (κ2) is 7.78. The quantitative estimate of drug-likeness (QED) is 0.922. The Balaban J connectivity index is 1.66. The van der Waals surface area contributed by atoms with Crippen LogP contribution in [0.1, 0.15) is 49.8 Å². The first-order chi connectivity index (χ1) is 11.7. The Labute approximate surface area is 143 Å². The molecule has 2 atom stereocenters. The summed E-state index contributed by atoms with van der Waals surface area (Å²) in [6, 6.07) is 9.72. The van der Waals surface area contributed by atoms with Gasteiger partial charge in [0.15, 0.2) is 0 Å². The molecule has 24 heavy (non-hydrogen) atoms. The molecule has 1 aliphatic heterocycles. The lowest BCUT2D eigenvalue weighted by atomic mass is 10.0. The van der Waals surface area contributed by atoms with Gasteiger partial charge in [0.1, 0.15) is 6.04 Å². The minimum Gasteiger partial charge on any atom is -0.378 e. The second-order valence-electron chi connectivity index (χ2n) is 6.73. The molecule has 2 fully saturated rings. The van der Waals surface area contributed by atoms with E-state index in [4.69, 9.17) is 10.00 Å². The van der Waals surface area contributed by atoms with Crippen LogP contribution >= 0.6 is 0 Å². The summed E-state index contributed by atoms with van der Waals surface area (Å²) in [5.74, 6) is 0.0245. The summed E-state index contributed by atoms with van der Waals surface area (Å²) in [5.41, 5.74) is 1.56. The van der Waals surface area contributed by atoms with E-state index >= 15 is 0 Å². The van der Waals surface area contributed by atoms with Crippen LogP contribution in [0.5, 0.6) is 0 Å². The van der Waals surface area contributed by atoms with Crippen LogP contribution in [0.15, 0.2) is 24.3 Å². The number of rotatable bonds is 4. The van der Waals surface area contributed by atoms with Gasteiger partial charge in [0.05, 0.1) is 30.9 Å². The topological polar surface area (TPSA) is 65.4 Å². The standard InChI is InChI=1S/C19H25N3O2/c1-14(16-6-4-5-15(11-16)12-20)21-19(23)18-13-24-10-9-22(18)17-7-2-3-8-17/h4-6,11,14,17-18H,2-3,7-10,13H2,1H3,(H,21,23)/t14-,18-/m0/s1. The van der Waals surface area contributed by atoms with Crippen molar-refractivity contribution in [2.75, 3.05) is 19.8 Å². The number of hydrogen-bond acceptors (Lipinski definition) is 4.